The molecule has 0 aromatic carbocycles. The summed E-state index contributed by atoms with van der Waals surface area (Å²) < 4.78 is 5.65. The summed E-state index contributed by atoms with van der Waals surface area (Å²) in [5, 5.41) is 3.61. The van der Waals surface area contributed by atoms with E-state index in [9.17, 15) is 0 Å². The van der Waals surface area contributed by atoms with Crippen molar-refractivity contribution in [2.75, 3.05) is 32.8 Å². The van der Waals surface area contributed by atoms with Crippen LogP contribution in [-0.2, 0) is 4.74 Å². The van der Waals surface area contributed by atoms with Crippen LogP contribution in [0.2, 0.25) is 0 Å². The van der Waals surface area contributed by atoms with E-state index in [0.29, 0.717) is 18.0 Å². The quantitative estimate of drug-likeness (QED) is 0.740. The summed E-state index contributed by atoms with van der Waals surface area (Å²) in [5.74, 6) is 0.651. The maximum absolute atomic E-state index is 5.65. The Morgan fingerprint density at radius 3 is 2.71 bits per heavy atom. The molecule has 0 spiro atoms. The third kappa shape index (κ3) is 4.57. The average molecular weight is 242 g/mol. The van der Waals surface area contributed by atoms with Crippen molar-refractivity contribution in [3.05, 3.63) is 0 Å². The van der Waals surface area contributed by atoms with Crippen LogP contribution in [0.1, 0.15) is 40.5 Å². The first-order chi connectivity index (χ1) is 8.22. The van der Waals surface area contributed by atoms with Crippen LogP contribution in [0, 0.1) is 5.92 Å². The number of ether oxygens (including phenoxy) is 1. The third-order valence-corrected chi connectivity index (χ3v) is 4.03. The lowest BCUT2D eigenvalue weighted by Crippen LogP contribution is -2.49. The van der Waals surface area contributed by atoms with Crippen LogP contribution in [0.4, 0.5) is 0 Å². The molecule has 1 rings (SSSR count). The van der Waals surface area contributed by atoms with Gasteiger partial charge in [-0.1, -0.05) is 20.8 Å². The molecule has 1 saturated heterocycles. The summed E-state index contributed by atoms with van der Waals surface area (Å²) in [7, 11) is 0. The molecule has 1 aliphatic heterocycles. The van der Waals surface area contributed by atoms with Gasteiger partial charge in [0.2, 0.25) is 0 Å². The second kappa shape index (κ2) is 8.06. The Labute approximate surface area is 107 Å². The van der Waals surface area contributed by atoms with Gasteiger partial charge in [-0.3, -0.25) is 0 Å². The fourth-order valence-corrected chi connectivity index (χ4v) is 2.69. The molecule has 3 atom stereocenters. The molecule has 1 fully saturated rings. The molecule has 1 N–H and O–H groups in total. The van der Waals surface area contributed by atoms with Crippen LogP contribution >= 0.6 is 0 Å². The van der Waals surface area contributed by atoms with Gasteiger partial charge in [0, 0.05) is 31.2 Å². The maximum atomic E-state index is 5.65. The van der Waals surface area contributed by atoms with Gasteiger partial charge >= 0.3 is 0 Å². The lowest BCUT2D eigenvalue weighted by atomic mass is 9.94. The minimum Gasteiger partial charge on any atom is -0.381 e. The van der Waals surface area contributed by atoms with E-state index < -0.39 is 0 Å². The molecule has 0 amide bonds. The van der Waals surface area contributed by atoms with Crippen LogP contribution in [0.15, 0.2) is 0 Å². The summed E-state index contributed by atoms with van der Waals surface area (Å²) >= 11 is 0. The predicted octanol–water partition coefficient (Wildman–Crippen LogP) is 2.12. The van der Waals surface area contributed by atoms with Crippen LogP contribution < -0.4 is 5.32 Å². The van der Waals surface area contributed by atoms with Gasteiger partial charge in [0.05, 0.1) is 6.61 Å². The molecule has 0 saturated carbocycles. The standard InChI is InChI=1S/C14H30N2O/c1-5-12(4)16(7-3)10-13-11-17-9-8-14(13)15-6-2/h12-15H,5-11H2,1-4H3. The summed E-state index contributed by atoms with van der Waals surface area (Å²) in [6.07, 6.45) is 2.39. The average Bonchev–Trinajstić information content (AvgIpc) is 2.37. The normalized spacial score (nSPS) is 27.4. The van der Waals surface area contributed by atoms with Gasteiger partial charge in [-0.2, -0.15) is 0 Å². The molecule has 102 valence electrons. The first-order valence-electron chi connectivity index (χ1n) is 7.28. The third-order valence-electron chi connectivity index (χ3n) is 4.03. The van der Waals surface area contributed by atoms with Crippen molar-refractivity contribution in [3.63, 3.8) is 0 Å². The van der Waals surface area contributed by atoms with Gasteiger partial charge in [-0.15, -0.1) is 0 Å². The van der Waals surface area contributed by atoms with Crippen LogP contribution in [0.3, 0.4) is 0 Å². The van der Waals surface area contributed by atoms with E-state index >= 15 is 0 Å². The molecule has 0 radical (unpaired) electrons. The topological polar surface area (TPSA) is 24.5 Å². The number of nitrogens with one attached hydrogen (secondary N) is 1. The minimum absolute atomic E-state index is 0.645. The Kier molecular flexibility index (Phi) is 7.09. The van der Waals surface area contributed by atoms with E-state index in [1.165, 1.54) is 13.0 Å². The van der Waals surface area contributed by atoms with E-state index in [-0.39, 0.29) is 0 Å². The second-order valence-electron chi connectivity index (χ2n) is 5.13. The molecule has 0 aromatic rings. The summed E-state index contributed by atoms with van der Waals surface area (Å²) in [4.78, 5) is 2.59. The maximum Gasteiger partial charge on any atom is 0.0521 e. The zero-order valence-electron chi connectivity index (χ0n) is 12.0. The number of hydrogen-bond donors (Lipinski definition) is 1. The summed E-state index contributed by atoms with van der Waals surface area (Å²) in [6, 6.07) is 1.33. The lowest BCUT2D eigenvalue weighted by molar-refractivity contribution is 0.0121. The number of rotatable bonds is 7. The molecule has 3 heteroatoms. The molecule has 0 aliphatic carbocycles. The Morgan fingerprint density at radius 1 is 1.35 bits per heavy atom. The van der Waals surface area contributed by atoms with Gasteiger partial charge in [-0.05, 0) is 32.9 Å². The van der Waals surface area contributed by atoms with Gasteiger partial charge in [-0.25, -0.2) is 0 Å². The Hall–Kier alpha value is -0.120. The monoisotopic (exact) mass is 242 g/mol. The van der Waals surface area contributed by atoms with Crippen molar-refractivity contribution < 1.29 is 4.74 Å². The van der Waals surface area contributed by atoms with Crippen molar-refractivity contribution in [3.8, 4) is 0 Å². The van der Waals surface area contributed by atoms with Gasteiger partial charge in [0.25, 0.3) is 0 Å². The summed E-state index contributed by atoms with van der Waals surface area (Å²) in [5.41, 5.74) is 0. The molecule has 0 aromatic heterocycles. The van der Waals surface area contributed by atoms with E-state index in [4.69, 9.17) is 4.74 Å². The highest BCUT2D eigenvalue weighted by Gasteiger charge is 2.27. The van der Waals surface area contributed by atoms with Crippen LogP contribution in [0.25, 0.3) is 0 Å². The fourth-order valence-electron chi connectivity index (χ4n) is 2.69. The molecular weight excluding hydrogens is 212 g/mol. The van der Waals surface area contributed by atoms with Crippen molar-refractivity contribution in [1.29, 1.82) is 0 Å². The Balaban J connectivity index is 2.50. The molecule has 17 heavy (non-hydrogen) atoms. The molecule has 1 aliphatic rings. The molecular formula is C14H30N2O. The van der Waals surface area contributed by atoms with Gasteiger partial charge < -0.3 is 15.0 Å². The van der Waals surface area contributed by atoms with Gasteiger partial charge in [0.15, 0.2) is 0 Å². The highest BCUT2D eigenvalue weighted by atomic mass is 16.5. The Bertz CT molecular complexity index is 197. The highest BCUT2D eigenvalue weighted by molar-refractivity contribution is 4.82. The van der Waals surface area contributed by atoms with Crippen LogP contribution in [0.5, 0.6) is 0 Å². The van der Waals surface area contributed by atoms with Crippen molar-refractivity contribution in [2.45, 2.75) is 52.6 Å². The van der Waals surface area contributed by atoms with E-state index in [0.717, 1.165) is 32.7 Å². The largest absolute Gasteiger partial charge is 0.381 e. The molecule has 1 heterocycles. The second-order valence-corrected chi connectivity index (χ2v) is 5.13. The Morgan fingerprint density at radius 2 is 2.12 bits per heavy atom. The highest BCUT2D eigenvalue weighted by Crippen LogP contribution is 2.18. The first kappa shape index (κ1) is 14.9. The first-order valence-corrected chi connectivity index (χ1v) is 7.28. The van der Waals surface area contributed by atoms with Crippen molar-refractivity contribution in [1.82, 2.24) is 10.2 Å². The van der Waals surface area contributed by atoms with Crippen molar-refractivity contribution in [2.24, 2.45) is 5.92 Å². The number of hydrogen-bond acceptors (Lipinski definition) is 3. The molecule has 3 nitrogen and oxygen atoms in total. The zero-order chi connectivity index (χ0) is 12.7. The zero-order valence-corrected chi connectivity index (χ0v) is 12.0. The number of nitrogens with zero attached hydrogens (tertiary/aromatic N) is 1. The lowest BCUT2D eigenvalue weighted by Gasteiger charge is -2.37. The van der Waals surface area contributed by atoms with E-state index in [1.54, 1.807) is 0 Å². The SMILES string of the molecule is CCNC1CCOCC1CN(CC)C(C)CC. The summed E-state index contributed by atoms with van der Waals surface area (Å²) in [6.45, 7) is 14.3. The van der Waals surface area contributed by atoms with Gasteiger partial charge in [0.1, 0.15) is 0 Å². The molecule has 3 unspecified atom stereocenters. The fraction of sp³-hybridized carbons (Fsp3) is 1.00. The predicted molar refractivity (Wildman–Crippen MR) is 73.4 cm³/mol. The molecule has 0 bridgehead atoms. The van der Waals surface area contributed by atoms with E-state index in [1.807, 2.05) is 0 Å². The minimum atomic E-state index is 0.645. The van der Waals surface area contributed by atoms with E-state index in [2.05, 4.69) is 37.9 Å². The van der Waals surface area contributed by atoms with Crippen LogP contribution in [-0.4, -0.2) is 49.8 Å². The van der Waals surface area contributed by atoms with Crippen molar-refractivity contribution >= 4 is 0 Å². The smallest absolute Gasteiger partial charge is 0.0521 e.